The lowest BCUT2D eigenvalue weighted by Gasteiger charge is -2.42. The summed E-state index contributed by atoms with van der Waals surface area (Å²) in [5.74, 6) is 0.0404. The number of rotatable bonds is 2. The summed E-state index contributed by atoms with van der Waals surface area (Å²) in [5, 5.41) is 5.81. The highest BCUT2D eigenvalue weighted by atomic mass is 32.2. The van der Waals surface area contributed by atoms with Crippen molar-refractivity contribution in [2.75, 3.05) is 39.8 Å². The van der Waals surface area contributed by atoms with Crippen LogP contribution in [0.5, 0.6) is 5.75 Å². The summed E-state index contributed by atoms with van der Waals surface area (Å²) in [7, 11) is -2.29. The molecule has 7 nitrogen and oxygen atoms in total. The minimum Gasteiger partial charge on any atom is -0.492 e. The monoisotopic (exact) mass is 353 g/mol. The summed E-state index contributed by atoms with van der Waals surface area (Å²) in [5.41, 5.74) is -0.278. The third kappa shape index (κ3) is 3.26. The molecule has 2 heterocycles. The Labute approximate surface area is 142 Å². The molecule has 132 valence electrons. The number of sulfonamides is 1. The van der Waals surface area contributed by atoms with Crippen LogP contribution >= 0.6 is 0 Å². The number of carbonyl (C=O) groups is 1. The zero-order chi connectivity index (χ0) is 17.2. The number of piperidine rings is 1. The first-order valence-electron chi connectivity index (χ1n) is 8.10. The van der Waals surface area contributed by atoms with E-state index in [1.165, 1.54) is 17.4 Å². The third-order valence-corrected chi connectivity index (χ3v) is 6.61. The Morgan fingerprint density at radius 3 is 2.75 bits per heavy atom. The van der Waals surface area contributed by atoms with Crippen molar-refractivity contribution in [2.45, 2.75) is 17.7 Å². The second kappa shape index (κ2) is 6.70. The van der Waals surface area contributed by atoms with E-state index in [4.69, 9.17) is 4.74 Å². The molecule has 0 unspecified atom stereocenters. The minimum atomic E-state index is -3.80. The van der Waals surface area contributed by atoms with Gasteiger partial charge in [0.1, 0.15) is 10.6 Å². The molecule has 3 rings (SSSR count). The molecule has 24 heavy (non-hydrogen) atoms. The lowest BCUT2D eigenvalue weighted by Crippen LogP contribution is -2.52. The summed E-state index contributed by atoms with van der Waals surface area (Å²) < 4.78 is 33.4. The van der Waals surface area contributed by atoms with Crippen LogP contribution in [0.15, 0.2) is 29.2 Å². The van der Waals surface area contributed by atoms with E-state index in [9.17, 15) is 13.2 Å². The molecule has 8 heteroatoms. The van der Waals surface area contributed by atoms with Crippen LogP contribution < -0.4 is 15.4 Å². The van der Waals surface area contributed by atoms with Crippen molar-refractivity contribution in [3.63, 3.8) is 0 Å². The van der Waals surface area contributed by atoms with Gasteiger partial charge in [-0.3, -0.25) is 4.79 Å². The van der Waals surface area contributed by atoms with Gasteiger partial charge in [-0.05, 0) is 38.1 Å². The molecule has 2 aliphatic heterocycles. The largest absolute Gasteiger partial charge is 0.492 e. The Bertz CT molecular complexity index is 714. The number of hydrogen-bond acceptors (Lipinski definition) is 5. The van der Waals surface area contributed by atoms with Gasteiger partial charge in [-0.25, -0.2) is 8.42 Å². The fraction of sp³-hybridized carbons (Fsp3) is 0.562. The molecule has 0 aromatic heterocycles. The second-order valence-corrected chi connectivity index (χ2v) is 8.34. The molecular formula is C16H23N3O4S. The van der Waals surface area contributed by atoms with Gasteiger partial charge in [-0.1, -0.05) is 12.1 Å². The van der Waals surface area contributed by atoms with Crippen molar-refractivity contribution >= 4 is 15.9 Å². The summed E-state index contributed by atoms with van der Waals surface area (Å²) in [6.45, 7) is 2.20. The van der Waals surface area contributed by atoms with Gasteiger partial charge in [-0.15, -0.1) is 0 Å². The van der Waals surface area contributed by atoms with Gasteiger partial charge < -0.3 is 15.4 Å². The molecular weight excluding hydrogens is 330 g/mol. The molecule has 0 atom stereocenters. The SMILES string of the molecule is CNC(=O)CN1CC2(CCNCC2)COc2ccccc2S1(=O)=O. The van der Waals surface area contributed by atoms with Crippen molar-refractivity contribution < 1.29 is 17.9 Å². The molecule has 2 N–H and O–H groups in total. The van der Waals surface area contributed by atoms with Gasteiger partial charge in [-0.2, -0.15) is 4.31 Å². The van der Waals surface area contributed by atoms with Crippen LogP contribution in [0.25, 0.3) is 0 Å². The van der Waals surface area contributed by atoms with Crippen LogP contribution in [-0.2, 0) is 14.8 Å². The summed E-state index contributed by atoms with van der Waals surface area (Å²) in [6, 6.07) is 6.63. The zero-order valence-electron chi connectivity index (χ0n) is 13.7. The van der Waals surface area contributed by atoms with Crippen molar-refractivity contribution in [1.29, 1.82) is 0 Å². The van der Waals surface area contributed by atoms with Crippen LogP contribution in [0.4, 0.5) is 0 Å². The van der Waals surface area contributed by atoms with Gasteiger partial charge in [0.05, 0.1) is 13.2 Å². The molecule has 2 aliphatic rings. The van der Waals surface area contributed by atoms with Gasteiger partial charge in [0.15, 0.2) is 0 Å². The van der Waals surface area contributed by atoms with Gasteiger partial charge in [0, 0.05) is 19.0 Å². The van der Waals surface area contributed by atoms with E-state index < -0.39 is 10.0 Å². The fourth-order valence-electron chi connectivity index (χ4n) is 3.30. The molecule has 1 amide bonds. The van der Waals surface area contributed by atoms with Gasteiger partial charge in [0.2, 0.25) is 15.9 Å². The molecule has 1 saturated heterocycles. The maximum Gasteiger partial charge on any atom is 0.247 e. The third-order valence-electron chi connectivity index (χ3n) is 4.78. The number of carbonyl (C=O) groups excluding carboxylic acids is 1. The van der Waals surface area contributed by atoms with E-state index in [1.807, 2.05) is 0 Å². The highest BCUT2D eigenvalue weighted by Gasteiger charge is 2.42. The molecule has 0 radical (unpaired) electrons. The molecule has 0 bridgehead atoms. The number of amides is 1. The molecule has 1 spiro atoms. The lowest BCUT2D eigenvalue weighted by atomic mass is 9.79. The topological polar surface area (TPSA) is 87.7 Å². The van der Waals surface area contributed by atoms with E-state index in [2.05, 4.69) is 10.6 Å². The van der Waals surface area contributed by atoms with Crippen molar-refractivity contribution in [3.8, 4) is 5.75 Å². The molecule has 0 saturated carbocycles. The predicted molar refractivity (Wildman–Crippen MR) is 89.3 cm³/mol. The second-order valence-electron chi connectivity index (χ2n) is 6.43. The Morgan fingerprint density at radius 1 is 1.33 bits per heavy atom. The van der Waals surface area contributed by atoms with E-state index >= 15 is 0 Å². The van der Waals surface area contributed by atoms with E-state index in [1.54, 1.807) is 18.2 Å². The number of fused-ring (bicyclic) bond motifs is 1. The highest BCUT2D eigenvalue weighted by molar-refractivity contribution is 7.89. The minimum absolute atomic E-state index is 0.123. The van der Waals surface area contributed by atoms with Crippen LogP contribution in [0.3, 0.4) is 0 Å². The smallest absolute Gasteiger partial charge is 0.247 e. The predicted octanol–water partition coefficient (Wildman–Crippen LogP) is 0.185. The first-order chi connectivity index (χ1) is 11.5. The zero-order valence-corrected chi connectivity index (χ0v) is 14.6. The molecule has 1 aromatic carbocycles. The number of ether oxygens (including phenoxy) is 1. The van der Waals surface area contributed by atoms with Crippen molar-refractivity contribution in [2.24, 2.45) is 5.41 Å². The summed E-state index contributed by atoms with van der Waals surface area (Å²) in [4.78, 5) is 12.0. The van der Waals surface area contributed by atoms with E-state index in [-0.39, 0.29) is 22.8 Å². The Balaban J connectivity index is 2.04. The van der Waals surface area contributed by atoms with Crippen LogP contribution in [0.1, 0.15) is 12.8 Å². The Hall–Kier alpha value is -1.64. The number of nitrogens with one attached hydrogen (secondary N) is 2. The van der Waals surface area contributed by atoms with E-state index in [0.29, 0.717) is 18.9 Å². The average Bonchev–Trinajstić information content (AvgIpc) is 2.59. The van der Waals surface area contributed by atoms with Crippen LogP contribution in [0.2, 0.25) is 0 Å². The maximum absolute atomic E-state index is 13.1. The molecule has 0 aliphatic carbocycles. The van der Waals surface area contributed by atoms with Crippen LogP contribution in [0, 0.1) is 5.41 Å². The Kier molecular flexibility index (Phi) is 4.80. The normalized spacial score (nSPS) is 22.7. The molecule has 1 aromatic rings. The number of hydrogen-bond donors (Lipinski definition) is 2. The Morgan fingerprint density at radius 2 is 2.04 bits per heavy atom. The maximum atomic E-state index is 13.1. The fourth-order valence-corrected chi connectivity index (χ4v) is 4.94. The first-order valence-corrected chi connectivity index (χ1v) is 9.54. The van der Waals surface area contributed by atoms with Gasteiger partial charge >= 0.3 is 0 Å². The lowest BCUT2D eigenvalue weighted by molar-refractivity contribution is -0.121. The first kappa shape index (κ1) is 17.2. The standard InChI is InChI=1S/C16H23N3O4S/c1-17-15(20)10-19-11-16(6-8-18-9-7-16)12-23-13-4-2-3-5-14(13)24(19,21)22/h2-5,18H,6-12H2,1H3,(H,17,20). The number of nitrogens with zero attached hydrogens (tertiary/aromatic N) is 1. The molecule has 1 fully saturated rings. The summed E-state index contributed by atoms with van der Waals surface area (Å²) in [6.07, 6.45) is 1.63. The highest BCUT2D eigenvalue weighted by Crippen LogP contribution is 2.37. The van der Waals surface area contributed by atoms with Gasteiger partial charge in [0.25, 0.3) is 0 Å². The summed E-state index contributed by atoms with van der Waals surface area (Å²) >= 11 is 0. The quantitative estimate of drug-likeness (QED) is 0.792. The van der Waals surface area contributed by atoms with Crippen LogP contribution in [-0.4, -0.2) is 58.5 Å². The average molecular weight is 353 g/mol. The number of likely N-dealkylation sites (N-methyl/N-ethyl adjacent to an activating group) is 1. The van der Waals surface area contributed by atoms with Crippen molar-refractivity contribution in [3.05, 3.63) is 24.3 Å². The van der Waals surface area contributed by atoms with Crippen molar-refractivity contribution in [1.82, 2.24) is 14.9 Å². The number of para-hydroxylation sites is 1. The van der Waals surface area contributed by atoms with E-state index in [0.717, 1.165) is 25.9 Å². The number of benzene rings is 1.